The monoisotopic (exact) mass is 1480 g/mol. The van der Waals surface area contributed by atoms with Gasteiger partial charge in [-0.25, -0.2) is 31.1 Å². The normalized spacial score (nSPS) is 12.2. The van der Waals surface area contributed by atoms with Crippen LogP contribution in [0.5, 0.6) is 17.2 Å². The maximum Gasteiger partial charge on any atom is 0.514 e. The topological polar surface area (TPSA) is 284 Å². The first-order valence-electron chi connectivity index (χ1n) is 31.2. The van der Waals surface area contributed by atoms with E-state index in [0.29, 0.717) is 110 Å². The highest BCUT2D eigenvalue weighted by atomic mass is 19.2. The van der Waals surface area contributed by atoms with Gasteiger partial charge in [0.25, 0.3) is 11.8 Å². The maximum absolute atomic E-state index is 14.4. The lowest BCUT2D eigenvalue weighted by atomic mass is 10.0. The minimum absolute atomic E-state index is 0.0132. The fourth-order valence-electron chi connectivity index (χ4n) is 8.28. The number of carbonyl (C=O) groups is 6. The molecule has 0 unspecified atom stereocenters. The quantitative estimate of drug-likeness (QED) is 0.00922. The number of esters is 2. The van der Waals surface area contributed by atoms with Crippen LogP contribution in [0.1, 0.15) is 40.0 Å². The van der Waals surface area contributed by atoms with Crippen LogP contribution in [-0.4, -0.2) is 244 Å². The molecule has 0 saturated heterocycles. The van der Waals surface area contributed by atoms with Gasteiger partial charge in [0.2, 0.25) is 58.1 Å². The summed E-state index contributed by atoms with van der Waals surface area (Å²) in [4.78, 5) is 77.1. The van der Waals surface area contributed by atoms with Crippen molar-refractivity contribution in [3.05, 3.63) is 123 Å². The number of imide groups is 1. The van der Waals surface area contributed by atoms with Crippen molar-refractivity contribution in [1.82, 2.24) is 10.2 Å². The number of rotatable bonds is 55. The van der Waals surface area contributed by atoms with Gasteiger partial charge in [0.1, 0.15) is 12.1 Å². The van der Waals surface area contributed by atoms with E-state index >= 15 is 0 Å². The molecular formula is C64H74F12N2O24. The summed E-state index contributed by atoms with van der Waals surface area (Å²) in [5, 5.41) is 2.33. The van der Waals surface area contributed by atoms with Crippen molar-refractivity contribution in [2.24, 2.45) is 0 Å². The Morgan fingerprint density at radius 1 is 0.333 bits per heavy atom. The third-order valence-electron chi connectivity index (χ3n) is 13.3. The van der Waals surface area contributed by atoms with Crippen molar-refractivity contribution in [1.29, 1.82) is 0 Å². The fraction of sp³-hybridized carbons (Fsp3) is 0.531. The Balaban J connectivity index is 0.886. The first kappa shape index (κ1) is 85.0. The summed E-state index contributed by atoms with van der Waals surface area (Å²) in [5.41, 5.74) is -1.54. The Kier molecular flexibility index (Phi) is 39.6. The number of carbonyl (C=O) groups excluding carboxylic acids is 6. The van der Waals surface area contributed by atoms with Gasteiger partial charge < -0.3 is 90.6 Å². The summed E-state index contributed by atoms with van der Waals surface area (Å²) < 4.78 is 263. The molecule has 4 aromatic rings. The Hall–Kier alpha value is -7.70. The Morgan fingerprint density at radius 3 is 0.902 bits per heavy atom. The molecule has 1 N–H and O–H groups in total. The van der Waals surface area contributed by atoms with E-state index in [1.54, 1.807) is 24.3 Å². The van der Waals surface area contributed by atoms with Crippen LogP contribution in [-0.2, 0) is 85.4 Å². The lowest BCUT2D eigenvalue weighted by Crippen LogP contribution is -2.59. The highest BCUT2D eigenvalue weighted by molar-refractivity contribution is 6.21. The predicted molar refractivity (Wildman–Crippen MR) is 320 cm³/mol. The van der Waals surface area contributed by atoms with Gasteiger partial charge in [-0.05, 0) is 12.1 Å². The van der Waals surface area contributed by atoms with Crippen molar-refractivity contribution in [2.45, 2.75) is 24.8 Å². The van der Waals surface area contributed by atoms with Crippen LogP contribution < -0.4 is 19.5 Å². The average Bonchev–Trinajstić information content (AvgIpc) is 1.62. The number of fused-ring (bicyclic) bond motifs is 1. The lowest BCUT2D eigenvalue weighted by molar-refractivity contribution is -0.137. The van der Waals surface area contributed by atoms with Crippen LogP contribution in [0.3, 0.4) is 0 Å². The predicted octanol–water partition coefficient (Wildman–Crippen LogP) is 6.64. The van der Waals surface area contributed by atoms with Crippen LogP contribution in [0.4, 0.5) is 57.5 Å². The van der Waals surface area contributed by atoms with Crippen molar-refractivity contribution >= 4 is 35.8 Å². The van der Waals surface area contributed by atoms with Crippen LogP contribution in [0, 0.1) is 69.8 Å². The number of hydrogen-bond acceptors (Lipinski definition) is 24. The minimum Gasteiger partial charge on any atom is -0.431 e. The molecule has 0 bridgehead atoms. The molecular weight excluding hydrogens is 1410 g/mol. The molecule has 0 spiro atoms. The highest BCUT2D eigenvalue weighted by Gasteiger charge is 2.38. The number of amides is 3. The molecule has 4 aromatic carbocycles. The standard InChI is InChI=1S/C64H74F12N2O24/c65-43-35-44(66)53(72)58(52(43)71)100-50(80)6-10-97-38-64(40-99-63(84)102-60-56(75)47(69)37-48(70)57(60)76,39-98-11-7-51(81)101-59-54(73)45(67)36-46(68)55(59)74)77-49(79)5-9-85-13-15-87-17-19-89-21-23-91-25-27-93-29-31-95-33-34-96-32-30-94-28-26-92-24-22-90-20-18-88-16-14-86-12-8-78-61(82)41-3-1-2-4-42(41)62(78)83/h1-4,35-37H,5-34,38-40H2,(H,77,79). The number of nitrogens with one attached hydrogen (secondary N) is 1. The zero-order valence-corrected chi connectivity index (χ0v) is 54.7. The molecule has 0 atom stereocenters. The van der Waals surface area contributed by atoms with Gasteiger partial charge >= 0.3 is 18.1 Å². The average molecular weight is 1480 g/mol. The second-order valence-electron chi connectivity index (χ2n) is 20.8. The van der Waals surface area contributed by atoms with Crippen LogP contribution >= 0.6 is 0 Å². The van der Waals surface area contributed by atoms with Crippen molar-refractivity contribution in [3.63, 3.8) is 0 Å². The van der Waals surface area contributed by atoms with Gasteiger partial charge in [0.15, 0.2) is 34.9 Å². The van der Waals surface area contributed by atoms with E-state index in [0.717, 1.165) is 0 Å². The van der Waals surface area contributed by atoms with E-state index in [2.05, 4.69) is 19.5 Å². The maximum atomic E-state index is 14.4. The molecule has 102 heavy (non-hydrogen) atoms. The third kappa shape index (κ3) is 30.3. The van der Waals surface area contributed by atoms with Gasteiger partial charge in [-0.3, -0.25) is 28.9 Å². The van der Waals surface area contributed by atoms with E-state index < -0.39 is 169 Å². The zero-order valence-electron chi connectivity index (χ0n) is 54.7. The number of halogens is 12. The van der Waals surface area contributed by atoms with E-state index in [1.807, 2.05) is 0 Å². The van der Waals surface area contributed by atoms with Crippen molar-refractivity contribution < 1.29 is 167 Å². The number of ether oxygens (including phenoxy) is 18. The molecule has 3 amide bonds. The molecule has 0 saturated carbocycles. The van der Waals surface area contributed by atoms with Crippen molar-refractivity contribution in [2.75, 3.05) is 198 Å². The van der Waals surface area contributed by atoms with Crippen LogP contribution in [0.2, 0.25) is 0 Å². The molecule has 1 heterocycles. The molecule has 0 aromatic heterocycles. The molecule has 0 fully saturated rings. The zero-order chi connectivity index (χ0) is 74.1. The van der Waals surface area contributed by atoms with E-state index in [1.165, 1.54) is 4.90 Å². The fourth-order valence-corrected chi connectivity index (χ4v) is 8.28. The molecule has 0 radical (unpaired) electrons. The molecule has 38 heteroatoms. The molecule has 1 aliphatic heterocycles. The lowest BCUT2D eigenvalue weighted by Gasteiger charge is -2.33. The van der Waals surface area contributed by atoms with E-state index in [-0.39, 0.29) is 96.0 Å². The number of nitrogens with zero attached hydrogens (tertiary/aromatic N) is 1. The summed E-state index contributed by atoms with van der Waals surface area (Å²) in [7, 11) is 0. The SMILES string of the molecule is O=C(CCOCCOCCOCCOCCOCCOCCOCCOCCOCCOCCOCCOCCN1C(=O)c2ccccc2C1=O)NC(COCCC(=O)Oc1c(F)c(F)cc(F)c1F)(COCCC(=O)Oc1c(F)c(F)cc(F)c1F)COC(=O)Oc1c(F)c(F)cc(F)c1F. The summed E-state index contributed by atoms with van der Waals surface area (Å²) >= 11 is 0. The Morgan fingerprint density at radius 2 is 0.598 bits per heavy atom. The molecule has 0 aliphatic carbocycles. The smallest absolute Gasteiger partial charge is 0.431 e. The van der Waals surface area contributed by atoms with Gasteiger partial charge in [0, 0.05) is 24.6 Å². The van der Waals surface area contributed by atoms with Gasteiger partial charge in [-0.15, -0.1) is 0 Å². The number of benzene rings is 4. The highest BCUT2D eigenvalue weighted by Crippen LogP contribution is 2.30. The largest absolute Gasteiger partial charge is 0.514 e. The van der Waals surface area contributed by atoms with E-state index in [4.69, 9.17) is 71.1 Å². The molecule has 568 valence electrons. The van der Waals surface area contributed by atoms with Crippen LogP contribution in [0.15, 0.2) is 42.5 Å². The second kappa shape index (κ2) is 47.5. The molecule has 1 aliphatic rings. The first-order chi connectivity index (χ1) is 49.1. The second-order valence-corrected chi connectivity index (χ2v) is 20.8. The molecule has 26 nitrogen and oxygen atoms in total. The minimum atomic E-state index is -2.34. The Labute approximate surface area is 575 Å². The van der Waals surface area contributed by atoms with E-state index in [9.17, 15) is 81.5 Å². The first-order valence-corrected chi connectivity index (χ1v) is 31.2. The third-order valence-corrected chi connectivity index (χ3v) is 13.3. The van der Waals surface area contributed by atoms with Gasteiger partial charge in [0.05, 0.1) is 216 Å². The van der Waals surface area contributed by atoms with Gasteiger partial charge in [-0.1, -0.05) is 12.1 Å². The van der Waals surface area contributed by atoms with Crippen molar-refractivity contribution in [3.8, 4) is 17.2 Å². The van der Waals surface area contributed by atoms with Crippen LogP contribution in [0.25, 0.3) is 0 Å². The summed E-state index contributed by atoms with van der Waals surface area (Å²) in [6, 6.07) is 6.13. The summed E-state index contributed by atoms with van der Waals surface area (Å²) in [5.74, 6) is -34.8. The summed E-state index contributed by atoms with van der Waals surface area (Å²) in [6.07, 6.45) is -4.65. The molecule has 5 rings (SSSR count). The summed E-state index contributed by atoms with van der Waals surface area (Å²) in [6.45, 7) is 1.19. The number of hydrogen-bond donors (Lipinski definition) is 1. The Bertz CT molecular complexity index is 3090. The van der Waals surface area contributed by atoms with Gasteiger partial charge in [-0.2, -0.15) is 26.3 Å².